The van der Waals surface area contributed by atoms with Gasteiger partial charge < -0.3 is 15.1 Å². The predicted molar refractivity (Wildman–Crippen MR) is 116 cm³/mol. The number of hydrogen-bond donors (Lipinski definition) is 2. The highest BCUT2D eigenvalue weighted by Crippen LogP contribution is 2.29. The molecule has 0 atom stereocenters. The lowest BCUT2D eigenvalue weighted by molar-refractivity contribution is 0.583. The van der Waals surface area contributed by atoms with Gasteiger partial charge in [-0.05, 0) is 23.6 Å². The van der Waals surface area contributed by atoms with Crippen molar-refractivity contribution in [3.63, 3.8) is 0 Å². The van der Waals surface area contributed by atoms with Crippen LogP contribution in [0.15, 0.2) is 76.8 Å². The van der Waals surface area contributed by atoms with E-state index in [2.05, 4.69) is 83.7 Å². The minimum atomic E-state index is 0.850. The van der Waals surface area contributed by atoms with Gasteiger partial charge in [0.25, 0.3) is 0 Å². The van der Waals surface area contributed by atoms with E-state index in [1.807, 2.05) is 6.26 Å². The van der Waals surface area contributed by atoms with Crippen molar-refractivity contribution < 1.29 is 4.42 Å². The molecule has 2 aromatic carbocycles. The molecule has 0 amide bonds. The topological polar surface area (TPSA) is 49.6 Å². The minimum absolute atomic E-state index is 0.850. The number of nitrogens with zero attached hydrogens (tertiary/aromatic N) is 1. The molecule has 4 rings (SSSR count). The number of aliphatic imine (C=N–C) groups is 1. The summed E-state index contributed by atoms with van der Waals surface area (Å²) in [5, 5.41) is 6.63. The van der Waals surface area contributed by atoms with Crippen LogP contribution in [0.5, 0.6) is 0 Å². The summed E-state index contributed by atoms with van der Waals surface area (Å²) in [6.07, 6.45) is 2.89. The summed E-state index contributed by atoms with van der Waals surface area (Å²) >= 11 is 0. The maximum absolute atomic E-state index is 5.83. The van der Waals surface area contributed by atoms with Gasteiger partial charge in [0.05, 0.1) is 12.8 Å². The smallest absolute Gasteiger partial charge is 0.134 e. The first kappa shape index (κ1) is 18.1. The summed E-state index contributed by atoms with van der Waals surface area (Å²) in [4.78, 5) is 4.46. The van der Waals surface area contributed by atoms with Gasteiger partial charge in [-0.25, -0.2) is 0 Å². The van der Waals surface area contributed by atoms with Gasteiger partial charge in [0.15, 0.2) is 0 Å². The van der Waals surface area contributed by atoms with E-state index in [0.717, 1.165) is 71.2 Å². The first-order valence-electron chi connectivity index (χ1n) is 9.76. The molecule has 1 aliphatic heterocycles. The molecule has 3 aromatic rings. The molecule has 0 saturated heterocycles. The summed E-state index contributed by atoms with van der Waals surface area (Å²) in [7, 11) is 0. The summed E-state index contributed by atoms with van der Waals surface area (Å²) < 4.78 is 5.83. The molecule has 2 heterocycles. The fourth-order valence-electron chi connectivity index (χ4n) is 3.26. The Morgan fingerprint density at radius 3 is 2.43 bits per heavy atom. The van der Waals surface area contributed by atoms with E-state index >= 15 is 0 Å². The first-order chi connectivity index (χ1) is 13.7. The lowest BCUT2D eigenvalue weighted by Crippen LogP contribution is -2.19. The van der Waals surface area contributed by atoms with Gasteiger partial charge in [0.2, 0.25) is 0 Å². The van der Waals surface area contributed by atoms with E-state index in [1.165, 1.54) is 0 Å². The van der Waals surface area contributed by atoms with Gasteiger partial charge in [-0.15, -0.1) is 0 Å². The number of benzene rings is 2. The molecule has 1 aliphatic rings. The highest BCUT2D eigenvalue weighted by atomic mass is 16.3. The van der Waals surface area contributed by atoms with E-state index < -0.39 is 0 Å². The van der Waals surface area contributed by atoms with Crippen LogP contribution in [0.3, 0.4) is 0 Å². The molecule has 0 fully saturated rings. The monoisotopic (exact) mass is 371 g/mol. The molecule has 1 aromatic heterocycles. The van der Waals surface area contributed by atoms with Crippen LogP contribution in [0, 0.1) is 0 Å². The normalized spacial score (nSPS) is 13.1. The second-order valence-corrected chi connectivity index (χ2v) is 6.92. The zero-order valence-corrected chi connectivity index (χ0v) is 16.2. The van der Waals surface area contributed by atoms with Crippen molar-refractivity contribution in [3.05, 3.63) is 78.6 Å². The molecule has 0 saturated carbocycles. The van der Waals surface area contributed by atoms with Crippen molar-refractivity contribution in [2.75, 3.05) is 19.6 Å². The summed E-state index contributed by atoms with van der Waals surface area (Å²) in [6, 6.07) is 18.8. The Labute approximate surface area is 166 Å². The van der Waals surface area contributed by atoms with Crippen molar-refractivity contribution in [1.29, 1.82) is 0 Å². The third-order valence-electron chi connectivity index (χ3n) is 4.87. The van der Waals surface area contributed by atoms with Crippen LogP contribution in [0.25, 0.3) is 28.1 Å². The second-order valence-electron chi connectivity index (χ2n) is 6.92. The molecule has 4 nitrogen and oxygen atoms in total. The SMILES string of the molecule is C=C(NCCC)c1ccc(-c2cc(-c3ccc(C4=NCCN4)cc3)co2)cc1. The van der Waals surface area contributed by atoms with E-state index in [0.29, 0.717) is 0 Å². The van der Waals surface area contributed by atoms with Crippen molar-refractivity contribution in [1.82, 2.24) is 10.6 Å². The molecule has 142 valence electrons. The van der Waals surface area contributed by atoms with E-state index in [1.54, 1.807) is 0 Å². The van der Waals surface area contributed by atoms with Gasteiger partial charge in [0.1, 0.15) is 11.6 Å². The van der Waals surface area contributed by atoms with E-state index in [9.17, 15) is 0 Å². The maximum Gasteiger partial charge on any atom is 0.134 e. The molecule has 4 heteroatoms. The minimum Gasteiger partial charge on any atom is -0.464 e. The largest absolute Gasteiger partial charge is 0.464 e. The zero-order chi connectivity index (χ0) is 19.3. The highest BCUT2D eigenvalue weighted by Gasteiger charge is 2.10. The van der Waals surface area contributed by atoms with Crippen molar-refractivity contribution in [2.24, 2.45) is 4.99 Å². The van der Waals surface area contributed by atoms with Crippen LogP contribution in [0.1, 0.15) is 24.5 Å². The van der Waals surface area contributed by atoms with Crippen LogP contribution in [-0.2, 0) is 0 Å². The highest BCUT2D eigenvalue weighted by molar-refractivity contribution is 6.00. The van der Waals surface area contributed by atoms with Crippen LogP contribution >= 0.6 is 0 Å². The number of amidine groups is 1. The summed E-state index contributed by atoms with van der Waals surface area (Å²) in [5.74, 6) is 1.84. The molecule has 0 radical (unpaired) electrons. The van der Waals surface area contributed by atoms with Crippen molar-refractivity contribution in [3.8, 4) is 22.5 Å². The fraction of sp³-hybridized carbons (Fsp3) is 0.208. The van der Waals surface area contributed by atoms with Crippen LogP contribution in [-0.4, -0.2) is 25.5 Å². The van der Waals surface area contributed by atoms with Crippen LogP contribution in [0.4, 0.5) is 0 Å². The lowest BCUT2D eigenvalue weighted by Gasteiger charge is -2.08. The number of rotatable bonds is 7. The van der Waals surface area contributed by atoms with Crippen LogP contribution in [0.2, 0.25) is 0 Å². The Hall–Kier alpha value is -3.27. The summed E-state index contributed by atoms with van der Waals surface area (Å²) in [6.45, 7) is 8.95. The van der Waals surface area contributed by atoms with Crippen molar-refractivity contribution in [2.45, 2.75) is 13.3 Å². The Bertz CT molecular complexity index is 981. The van der Waals surface area contributed by atoms with Gasteiger partial charge >= 0.3 is 0 Å². The Morgan fingerprint density at radius 2 is 1.75 bits per heavy atom. The van der Waals surface area contributed by atoms with Crippen LogP contribution < -0.4 is 10.6 Å². The molecule has 0 unspecified atom stereocenters. The van der Waals surface area contributed by atoms with Gasteiger partial charge in [-0.1, -0.05) is 62.0 Å². The molecule has 0 aliphatic carbocycles. The average Bonchev–Trinajstić information content (AvgIpc) is 3.44. The molecule has 0 spiro atoms. The number of nitrogens with one attached hydrogen (secondary N) is 2. The van der Waals surface area contributed by atoms with E-state index in [-0.39, 0.29) is 0 Å². The first-order valence-corrected chi connectivity index (χ1v) is 9.76. The number of furan rings is 1. The van der Waals surface area contributed by atoms with Crippen molar-refractivity contribution >= 4 is 11.5 Å². The molecule has 0 bridgehead atoms. The third-order valence-corrected chi connectivity index (χ3v) is 4.87. The Morgan fingerprint density at radius 1 is 1.04 bits per heavy atom. The Kier molecular flexibility index (Phi) is 5.29. The zero-order valence-electron chi connectivity index (χ0n) is 16.2. The Balaban J connectivity index is 1.49. The third kappa shape index (κ3) is 3.86. The maximum atomic E-state index is 5.83. The lowest BCUT2D eigenvalue weighted by atomic mass is 10.0. The average molecular weight is 371 g/mol. The second kappa shape index (κ2) is 8.17. The number of hydrogen-bond acceptors (Lipinski definition) is 4. The predicted octanol–water partition coefficient (Wildman–Crippen LogP) is 4.93. The quantitative estimate of drug-likeness (QED) is 0.619. The van der Waals surface area contributed by atoms with Gasteiger partial charge in [-0.2, -0.15) is 0 Å². The molecule has 2 N–H and O–H groups in total. The fourth-order valence-corrected chi connectivity index (χ4v) is 3.26. The molecular weight excluding hydrogens is 346 g/mol. The standard InChI is InChI=1S/C24H25N3O/c1-3-12-25-17(2)18-4-8-20(9-5-18)23-15-22(16-28-23)19-6-10-21(11-7-19)24-26-13-14-27-24/h4-11,15-16,25H,2-3,12-14H2,1H3,(H,26,27). The van der Waals surface area contributed by atoms with Gasteiger partial charge in [0, 0.05) is 35.5 Å². The summed E-state index contributed by atoms with van der Waals surface area (Å²) in [5.41, 5.74) is 6.43. The molecule has 28 heavy (non-hydrogen) atoms. The van der Waals surface area contributed by atoms with E-state index in [4.69, 9.17) is 4.42 Å². The molecular formula is C24H25N3O. The van der Waals surface area contributed by atoms with Gasteiger partial charge in [-0.3, -0.25) is 4.99 Å².